The highest BCUT2D eigenvalue weighted by Gasteiger charge is 2.36. The lowest BCUT2D eigenvalue weighted by atomic mass is 10.1. The molecule has 184 valence electrons. The predicted molar refractivity (Wildman–Crippen MR) is 132 cm³/mol. The Morgan fingerprint density at radius 1 is 0.833 bits per heavy atom. The minimum atomic E-state index is -4.13. The van der Waals surface area contributed by atoms with E-state index < -0.39 is 28.0 Å². The maximum atomic E-state index is 13.1. The van der Waals surface area contributed by atoms with Crippen LogP contribution in [0.3, 0.4) is 0 Å². The maximum Gasteiger partial charge on any atom is 0.339 e. The van der Waals surface area contributed by atoms with E-state index in [0.717, 1.165) is 16.0 Å². The second-order valence-electron chi connectivity index (χ2n) is 8.05. The van der Waals surface area contributed by atoms with Crippen LogP contribution in [0.4, 0.5) is 10.5 Å². The third-order valence-corrected chi connectivity index (χ3v) is 6.65. The number of imide groups is 2. The van der Waals surface area contributed by atoms with E-state index in [1.807, 2.05) is 13.8 Å². The van der Waals surface area contributed by atoms with Gasteiger partial charge in [0, 0.05) is 0 Å². The van der Waals surface area contributed by atoms with Gasteiger partial charge in [0.05, 0.1) is 12.8 Å². The monoisotopic (exact) mass is 506 g/mol. The Morgan fingerprint density at radius 2 is 1.44 bits per heavy atom. The molecule has 4 rings (SSSR count). The van der Waals surface area contributed by atoms with Crippen LogP contribution in [-0.4, -0.2) is 33.4 Å². The van der Waals surface area contributed by atoms with E-state index in [9.17, 15) is 22.8 Å². The fraction of sp³-hybridized carbons (Fsp3) is 0.115. The molecule has 0 atom stereocenters. The Labute approximate surface area is 208 Å². The first kappa shape index (κ1) is 24.7. The van der Waals surface area contributed by atoms with Crippen LogP contribution < -0.4 is 19.1 Å². The van der Waals surface area contributed by atoms with Gasteiger partial charge in [0.25, 0.3) is 11.8 Å². The molecule has 9 nitrogen and oxygen atoms in total. The topological polar surface area (TPSA) is 119 Å². The number of methoxy groups -OCH3 is 1. The van der Waals surface area contributed by atoms with Crippen LogP contribution >= 0.6 is 0 Å². The highest BCUT2D eigenvalue weighted by Crippen LogP contribution is 2.32. The summed E-state index contributed by atoms with van der Waals surface area (Å²) in [5.41, 5.74) is 2.22. The van der Waals surface area contributed by atoms with Crippen molar-refractivity contribution < 1.29 is 31.7 Å². The van der Waals surface area contributed by atoms with Gasteiger partial charge in [-0.1, -0.05) is 41.5 Å². The highest BCUT2D eigenvalue weighted by atomic mass is 32.2. The number of hydrogen-bond acceptors (Lipinski definition) is 7. The number of hydrogen-bond donors (Lipinski definition) is 1. The molecule has 0 radical (unpaired) electrons. The number of rotatable bonds is 6. The molecule has 4 amide bonds. The Bertz CT molecular complexity index is 1490. The Kier molecular flexibility index (Phi) is 6.63. The average molecular weight is 507 g/mol. The first-order chi connectivity index (χ1) is 17.1. The third-order valence-electron chi connectivity index (χ3n) is 5.40. The average Bonchev–Trinajstić information content (AvgIpc) is 2.83. The fourth-order valence-electron chi connectivity index (χ4n) is 3.47. The Balaban J connectivity index is 1.64. The van der Waals surface area contributed by atoms with Crippen molar-refractivity contribution in [3.05, 3.63) is 89.0 Å². The van der Waals surface area contributed by atoms with Gasteiger partial charge in [0.15, 0.2) is 11.5 Å². The summed E-state index contributed by atoms with van der Waals surface area (Å²) in [6.07, 6.45) is 1.28. The molecule has 1 aliphatic rings. The van der Waals surface area contributed by atoms with Crippen molar-refractivity contribution in [1.82, 2.24) is 5.32 Å². The maximum absolute atomic E-state index is 13.1. The summed E-state index contributed by atoms with van der Waals surface area (Å²) in [5, 5.41) is 2.16. The van der Waals surface area contributed by atoms with Crippen molar-refractivity contribution in [3.63, 3.8) is 0 Å². The molecule has 0 spiro atoms. The van der Waals surface area contributed by atoms with Gasteiger partial charge in [0.2, 0.25) is 0 Å². The number of carbonyl (C=O) groups excluding carboxylic acids is 3. The van der Waals surface area contributed by atoms with Gasteiger partial charge in [-0.15, -0.1) is 0 Å². The molecule has 0 aliphatic carbocycles. The van der Waals surface area contributed by atoms with E-state index in [1.54, 1.807) is 36.4 Å². The van der Waals surface area contributed by atoms with E-state index in [1.165, 1.54) is 43.5 Å². The molecule has 1 fully saturated rings. The normalized spacial score (nSPS) is 15.1. The summed E-state index contributed by atoms with van der Waals surface area (Å²) in [4.78, 5) is 38.7. The van der Waals surface area contributed by atoms with Crippen molar-refractivity contribution in [2.24, 2.45) is 0 Å². The van der Waals surface area contributed by atoms with Gasteiger partial charge >= 0.3 is 16.1 Å². The molecule has 10 heteroatoms. The van der Waals surface area contributed by atoms with Gasteiger partial charge in [0.1, 0.15) is 10.5 Å². The Morgan fingerprint density at radius 3 is 2.06 bits per heavy atom. The number of nitrogens with zero attached hydrogens (tertiary/aromatic N) is 1. The SMILES string of the molecule is COc1cc(/C=C2\C(=O)NC(=O)N(c3ccc(C)cc3)C2=O)ccc1OS(=O)(=O)c1ccc(C)cc1. The minimum absolute atomic E-state index is 0.0216. The van der Waals surface area contributed by atoms with Crippen LogP contribution in [0.1, 0.15) is 16.7 Å². The highest BCUT2D eigenvalue weighted by molar-refractivity contribution is 7.87. The number of urea groups is 1. The molecule has 3 aromatic carbocycles. The van der Waals surface area contributed by atoms with E-state index in [2.05, 4.69) is 5.32 Å². The molecular weight excluding hydrogens is 484 g/mol. The van der Waals surface area contributed by atoms with Crippen LogP contribution in [0.15, 0.2) is 77.2 Å². The molecule has 36 heavy (non-hydrogen) atoms. The number of barbiturate groups is 1. The summed E-state index contributed by atoms with van der Waals surface area (Å²) >= 11 is 0. The number of ether oxygens (including phenoxy) is 1. The molecule has 3 aromatic rings. The molecule has 1 saturated heterocycles. The van der Waals surface area contributed by atoms with Crippen LogP contribution in [0.25, 0.3) is 6.08 Å². The summed E-state index contributed by atoms with van der Waals surface area (Å²) in [6, 6.07) is 16.2. The lowest BCUT2D eigenvalue weighted by molar-refractivity contribution is -0.122. The lowest BCUT2D eigenvalue weighted by Gasteiger charge is -2.26. The molecule has 0 unspecified atom stereocenters. The number of carbonyl (C=O) groups is 3. The van der Waals surface area contributed by atoms with Crippen molar-refractivity contribution in [1.29, 1.82) is 0 Å². The summed E-state index contributed by atoms with van der Waals surface area (Å²) in [7, 11) is -2.80. The van der Waals surface area contributed by atoms with Crippen LogP contribution in [0.5, 0.6) is 11.5 Å². The molecule has 1 aliphatic heterocycles. The zero-order chi connectivity index (χ0) is 26.0. The van der Waals surface area contributed by atoms with E-state index in [0.29, 0.717) is 11.3 Å². The van der Waals surface area contributed by atoms with E-state index in [4.69, 9.17) is 8.92 Å². The molecule has 0 bridgehead atoms. The van der Waals surface area contributed by atoms with Gasteiger partial charge in [-0.3, -0.25) is 14.9 Å². The standard InChI is InChI=1S/C26H22N2O7S/c1-16-4-9-19(10-5-16)28-25(30)21(24(29)27-26(28)31)14-18-8-13-22(23(15-18)34-3)35-36(32,33)20-11-6-17(2)7-12-20/h4-15H,1-3H3,(H,27,29,31)/b21-14+. The Hall–Kier alpha value is -4.44. The van der Waals surface area contributed by atoms with E-state index in [-0.39, 0.29) is 22.0 Å². The molecule has 1 heterocycles. The van der Waals surface area contributed by atoms with Gasteiger partial charge in [-0.2, -0.15) is 8.42 Å². The second kappa shape index (κ2) is 9.67. The van der Waals surface area contributed by atoms with Crippen molar-refractivity contribution >= 4 is 39.7 Å². The largest absolute Gasteiger partial charge is 0.493 e. The van der Waals surface area contributed by atoms with Gasteiger partial charge in [-0.05, 0) is 61.9 Å². The number of amides is 4. The minimum Gasteiger partial charge on any atom is -0.493 e. The van der Waals surface area contributed by atoms with Crippen LogP contribution in [0, 0.1) is 13.8 Å². The number of benzene rings is 3. The quantitative estimate of drug-likeness (QED) is 0.307. The van der Waals surface area contributed by atoms with Gasteiger partial charge < -0.3 is 8.92 Å². The number of nitrogens with one attached hydrogen (secondary N) is 1. The zero-order valence-electron chi connectivity index (χ0n) is 19.6. The summed E-state index contributed by atoms with van der Waals surface area (Å²) in [6.45, 7) is 3.70. The molecule has 0 saturated carbocycles. The third kappa shape index (κ3) is 4.98. The second-order valence-corrected chi connectivity index (χ2v) is 9.60. The van der Waals surface area contributed by atoms with Crippen LogP contribution in [-0.2, 0) is 19.7 Å². The summed E-state index contributed by atoms with van der Waals surface area (Å²) in [5.74, 6) is -1.66. The smallest absolute Gasteiger partial charge is 0.339 e. The van der Waals surface area contributed by atoms with Gasteiger partial charge in [-0.25, -0.2) is 9.69 Å². The van der Waals surface area contributed by atoms with Crippen molar-refractivity contribution in [2.75, 3.05) is 12.0 Å². The van der Waals surface area contributed by atoms with Crippen LogP contribution in [0.2, 0.25) is 0 Å². The zero-order valence-corrected chi connectivity index (χ0v) is 20.5. The first-order valence-corrected chi connectivity index (χ1v) is 12.2. The lowest BCUT2D eigenvalue weighted by Crippen LogP contribution is -2.54. The van der Waals surface area contributed by atoms with Crippen molar-refractivity contribution in [3.8, 4) is 11.5 Å². The molecular formula is C26H22N2O7S. The molecule has 0 aromatic heterocycles. The fourth-order valence-corrected chi connectivity index (χ4v) is 4.41. The molecule has 1 N–H and O–H groups in total. The number of anilines is 1. The number of aryl methyl sites for hydroxylation is 2. The predicted octanol–water partition coefficient (Wildman–Crippen LogP) is 3.75. The summed E-state index contributed by atoms with van der Waals surface area (Å²) < 4.78 is 35.9. The van der Waals surface area contributed by atoms with E-state index >= 15 is 0 Å². The first-order valence-electron chi connectivity index (χ1n) is 10.8. The van der Waals surface area contributed by atoms with Crippen molar-refractivity contribution in [2.45, 2.75) is 18.7 Å².